The number of para-hydroxylation sites is 1. The van der Waals surface area contributed by atoms with E-state index in [9.17, 15) is 9.59 Å². The molecule has 2 unspecified atom stereocenters. The molecule has 3 aromatic carbocycles. The summed E-state index contributed by atoms with van der Waals surface area (Å²) < 4.78 is 12.9. The summed E-state index contributed by atoms with van der Waals surface area (Å²) in [6.07, 6.45) is -0.461. The van der Waals surface area contributed by atoms with Gasteiger partial charge in [0.05, 0.1) is 23.0 Å². The van der Waals surface area contributed by atoms with Gasteiger partial charge in [0.15, 0.2) is 0 Å². The molecule has 2 atom stereocenters. The van der Waals surface area contributed by atoms with Gasteiger partial charge < -0.3 is 9.47 Å². The highest BCUT2D eigenvalue weighted by molar-refractivity contribution is 5.89. The molecular weight excluding hydrogens is 392 g/mol. The normalized spacial score (nSPS) is 17.4. The van der Waals surface area contributed by atoms with Crippen molar-refractivity contribution in [3.63, 3.8) is 0 Å². The Morgan fingerprint density at radius 2 is 1.58 bits per heavy atom. The second kappa shape index (κ2) is 8.16. The first kappa shape index (κ1) is 19.2. The molecule has 5 rings (SSSR count). The van der Waals surface area contributed by atoms with Crippen LogP contribution >= 0.6 is 0 Å². The van der Waals surface area contributed by atoms with Gasteiger partial charge in [0, 0.05) is 0 Å². The van der Waals surface area contributed by atoms with Crippen LogP contribution in [0.4, 0.5) is 0 Å². The fourth-order valence-electron chi connectivity index (χ4n) is 3.71. The lowest BCUT2D eigenvalue weighted by Gasteiger charge is -2.13. The smallest absolute Gasteiger partial charge is 0.338 e. The van der Waals surface area contributed by atoms with Crippen molar-refractivity contribution < 1.29 is 14.3 Å². The number of ether oxygens (including phenoxy) is 2. The molecule has 0 saturated carbocycles. The monoisotopic (exact) mass is 412 g/mol. The Morgan fingerprint density at radius 1 is 0.903 bits per heavy atom. The van der Waals surface area contributed by atoms with Crippen molar-refractivity contribution in [2.45, 2.75) is 18.8 Å². The summed E-state index contributed by atoms with van der Waals surface area (Å²) in [7, 11) is 0. The second-order valence-electron chi connectivity index (χ2n) is 7.33. The standard InChI is InChI=1S/C25H20N2O4/c28-24-19-13-7-8-14-20(19)26-23(22-21(31-22)17-9-3-1-4-10-17)27(24)15-16-30-25(29)18-11-5-2-6-12-18/h1-14,21-22H,15-16H2. The Morgan fingerprint density at radius 3 is 2.35 bits per heavy atom. The van der Waals surface area contributed by atoms with Crippen LogP contribution in [0.2, 0.25) is 0 Å². The molecule has 154 valence electrons. The third-order valence-electron chi connectivity index (χ3n) is 5.32. The summed E-state index contributed by atoms with van der Waals surface area (Å²) in [6, 6.07) is 25.9. The number of rotatable bonds is 6. The number of benzene rings is 3. The van der Waals surface area contributed by atoms with E-state index in [4.69, 9.17) is 14.5 Å². The van der Waals surface area contributed by atoms with Gasteiger partial charge in [0.25, 0.3) is 5.56 Å². The maximum absolute atomic E-state index is 13.2. The highest BCUT2D eigenvalue weighted by Gasteiger charge is 2.44. The number of carbonyl (C=O) groups excluding carboxylic acids is 1. The van der Waals surface area contributed by atoms with Gasteiger partial charge in [-0.15, -0.1) is 0 Å². The van der Waals surface area contributed by atoms with E-state index >= 15 is 0 Å². The fourth-order valence-corrected chi connectivity index (χ4v) is 3.71. The van der Waals surface area contributed by atoms with E-state index in [1.54, 1.807) is 34.9 Å². The van der Waals surface area contributed by atoms with Gasteiger partial charge in [0.2, 0.25) is 0 Å². The average Bonchev–Trinajstić information content (AvgIpc) is 3.62. The molecule has 0 radical (unpaired) electrons. The summed E-state index contributed by atoms with van der Waals surface area (Å²) in [5.41, 5.74) is 1.97. The van der Waals surface area contributed by atoms with E-state index in [0.717, 1.165) is 5.56 Å². The van der Waals surface area contributed by atoms with Crippen LogP contribution < -0.4 is 5.56 Å². The van der Waals surface area contributed by atoms with Gasteiger partial charge in [-0.25, -0.2) is 9.78 Å². The summed E-state index contributed by atoms with van der Waals surface area (Å²) in [5.74, 6) is 0.127. The molecule has 1 aliphatic rings. The minimum absolute atomic E-state index is 0.0589. The van der Waals surface area contributed by atoms with Gasteiger partial charge in [-0.2, -0.15) is 0 Å². The number of hydrogen-bond acceptors (Lipinski definition) is 5. The van der Waals surface area contributed by atoms with E-state index in [1.165, 1.54) is 0 Å². The lowest BCUT2D eigenvalue weighted by Crippen LogP contribution is -2.27. The molecule has 6 heteroatoms. The summed E-state index contributed by atoms with van der Waals surface area (Å²) in [5, 5.41) is 0.526. The Hall–Kier alpha value is -3.77. The molecule has 4 aromatic rings. The first-order valence-electron chi connectivity index (χ1n) is 10.1. The van der Waals surface area contributed by atoms with Crippen LogP contribution in [0.3, 0.4) is 0 Å². The first-order chi connectivity index (χ1) is 15.2. The van der Waals surface area contributed by atoms with Crippen molar-refractivity contribution in [1.82, 2.24) is 9.55 Å². The second-order valence-corrected chi connectivity index (χ2v) is 7.33. The highest BCUT2D eigenvalue weighted by atomic mass is 16.6. The lowest BCUT2D eigenvalue weighted by molar-refractivity contribution is 0.0488. The Labute approximate surface area is 178 Å². The Bertz CT molecular complexity index is 1290. The van der Waals surface area contributed by atoms with E-state index in [0.29, 0.717) is 22.3 Å². The summed E-state index contributed by atoms with van der Waals surface area (Å²) in [4.78, 5) is 30.2. The Kier molecular flexibility index (Phi) is 5.06. The van der Waals surface area contributed by atoms with Crippen LogP contribution in [0, 0.1) is 0 Å². The van der Waals surface area contributed by atoms with Gasteiger partial charge >= 0.3 is 5.97 Å². The van der Waals surface area contributed by atoms with Gasteiger partial charge in [0.1, 0.15) is 24.6 Å². The number of epoxide rings is 1. The van der Waals surface area contributed by atoms with Crippen LogP contribution in [0.5, 0.6) is 0 Å². The van der Waals surface area contributed by atoms with Crippen molar-refractivity contribution in [3.05, 3.63) is 112 Å². The Balaban J connectivity index is 1.42. The third-order valence-corrected chi connectivity index (χ3v) is 5.32. The van der Waals surface area contributed by atoms with Crippen LogP contribution in [-0.4, -0.2) is 22.1 Å². The van der Waals surface area contributed by atoms with E-state index < -0.39 is 5.97 Å². The zero-order valence-electron chi connectivity index (χ0n) is 16.7. The molecule has 1 aromatic heterocycles. The predicted molar refractivity (Wildman–Crippen MR) is 116 cm³/mol. The van der Waals surface area contributed by atoms with Crippen molar-refractivity contribution >= 4 is 16.9 Å². The molecule has 6 nitrogen and oxygen atoms in total. The number of nitrogens with zero attached hydrogens (tertiary/aromatic N) is 2. The molecule has 31 heavy (non-hydrogen) atoms. The fraction of sp³-hybridized carbons (Fsp3) is 0.160. The van der Waals surface area contributed by atoms with Crippen molar-refractivity contribution in [3.8, 4) is 0 Å². The molecule has 0 spiro atoms. The topological polar surface area (TPSA) is 73.7 Å². The first-order valence-corrected chi connectivity index (χ1v) is 10.1. The molecular formula is C25H20N2O4. The van der Waals surface area contributed by atoms with Crippen LogP contribution in [-0.2, 0) is 16.0 Å². The number of aromatic nitrogens is 2. The molecule has 0 aliphatic carbocycles. The van der Waals surface area contributed by atoms with Crippen molar-refractivity contribution in [2.75, 3.05) is 6.61 Å². The molecule has 0 N–H and O–H groups in total. The minimum Gasteiger partial charge on any atom is -0.460 e. The van der Waals surface area contributed by atoms with Gasteiger partial charge in [-0.1, -0.05) is 60.7 Å². The van der Waals surface area contributed by atoms with E-state index in [2.05, 4.69) is 0 Å². The maximum atomic E-state index is 13.2. The molecule has 1 aliphatic heterocycles. The quantitative estimate of drug-likeness (QED) is 0.353. The van der Waals surface area contributed by atoms with E-state index in [1.807, 2.05) is 54.6 Å². The zero-order chi connectivity index (χ0) is 21.2. The third kappa shape index (κ3) is 3.85. The van der Waals surface area contributed by atoms with Gasteiger partial charge in [-0.3, -0.25) is 9.36 Å². The van der Waals surface area contributed by atoms with E-state index in [-0.39, 0.29) is 30.9 Å². The SMILES string of the molecule is O=C(OCCn1c(C2OC2c2ccccc2)nc2ccccc2c1=O)c1ccccc1. The molecule has 0 amide bonds. The number of hydrogen-bond donors (Lipinski definition) is 0. The highest BCUT2D eigenvalue weighted by Crippen LogP contribution is 2.50. The number of carbonyl (C=O) groups is 1. The summed E-state index contributed by atoms with van der Waals surface area (Å²) in [6.45, 7) is 0.259. The van der Waals surface area contributed by atoms with Crippen molar-refractivity contribution in [2.24, 2.45) is 0 Å². The molecule has 1 fully saturated rings. The minimum atomic E-state index is -0.422. The lowest BCUT2D eigenvalue weighted by atomic mass is 10.1. The van der Waals surface area contributed by atoms with Crippen LogP contribution in [0.1, 0.15) is 34.0 Å². The number of esters is 1. The molecule has 1 saturated heterocycles. The van der Waals surface area contributed by atoms with Crippen LogP contribution in [0.25, 0.3) is 10.9 Å². The average molecular weight is 412 g/mol. The number of fused-ring (bicyclic) bond motifs is 1. The molecule has 2 heterocycles. The zero-order valence-corrected chi connectivity index (χ0v) is 16.7. The van der Waals surface area contributed by atoms with Crippen molar-refractivity contribution in [1.29, 1.82) is 0 Å². The van der Waals surface area contributed by atoms with Gasteiger partial charge in [-0.05, 0) is 29.8 Å². The largest absolute Gasteiger partial charge is 0.460 e. The summed E-state index contributed by atoms with van der Waals surface area (Å²) >= 11 is 0. The van der Waals surface area contributed by atoms with Crippen LogP contribution in [0.15, 0.2) is 89.7 Å². The maximum Gasteiger partial charge on any atom is 0.338 e. The predicted octanol–water partition coefficient (Wildman–Crippen LogP) is 4.07. The molecule has 0 bridgehead atoms.